The van der Waals surface area contributed by atoms with Gasteiger partial charge >= 0.3 is 0 Å². The number of amides is 1. The molecule has 1 heterocycles. The molecule has 0 spiro atoms. The molecule has 0 aromatic rings. The van der Waals surface area contributed by atoms with Crippen molar-refractivity contribution in [2.75, 3.05) is 13.1 Å². The second-order valence-corrected chi connectivity index (χ2v) is 4.74. The van der Waals surface area contributed by atoms with E-state index in [-0.39, 0.29) is 17.9 Å². The van der Waals surface area contributed by atoms with Gasteiger partial charge in [0.15, 0.2) is 5.96 Å². The zero-order chi connectivity index (χ0) is 14.1. The summed E-state index contributed by atoms with van der Waals surface area (Å²) in [6, 6.07) is -0.642. The second kappa shape index (κ2) is 8.47. The average molecular weight is 269 g/mol. The first kappa shape index (κ1) is 15.4. The third-order valence-electron chi connectivity index (χ3n) is 3.13. The molecule has 108 valence electrons. The van der Waals surface area contributed by atoms with Crippen LogP contribution in [0.5, 0.6) is 0 Å². The van der Waals surface area contributed by atoms with Gasteiger partial charge in [0.05, 0.1) is 12.1 Å². The van der Waals surface area contributed by atoms with Crippen LogP contribution in [0.25, 0.3) is 0 Å². The highest BCUT2D eigenvalue weighted by Crippen LogP contribution is 2.07. The Balaban J connectivity index is 2.24. The standard InChI is InChI=1S/C12H23N5O2/c13-12(14)16-7-3-4-9(8-18)17-11(19)10-5-1-2-6-15-10/h8-10,15H,1-7H2,(H,17,19)(H4,13,14,16). The average Bonchev–Trinajstić information content (AvgIpc) is 2.42. The van der Waals surface area contributed by atoms with Crippen molar-refractivity contribution in [3.8, 4) is 0 Å². The Morgan fingerprint density at radius 3 is 2.89 bits per heavy atom. The molecule has 6 N–H and O–H groups in total. The maximum absolute atomic E-state index is 11.9. The lowest BCUT2D eigenvalue weighted by Crippen LogP contribution is -2.50. The van der Waals surface area contributed by atoms with Crippen molar-refractivity contribution in [1.82, 2.24) is 16.0 Å². The van der Waals surface area contributed by atoms with Crippen molar-refractivity contribution in [2.24, 2.45) is 5.73 Å². The molecular formula is C12H23N5O2. The maximum atomic E-state index is 11.9. The zero-order valence-corrected chi connectivity index (χ0v) is 11.1. The summed E-state index contributed by atoms with van der Waals surface area (Å²) in [6.07, 6.45) is 4.93. The van der Waals surface area contributed by atoms with E-state index < -0.39 is 6.04 Å². The molecule has 0 aliphatic carbocycles. The van der Waals surface area contributed by atoms with E-state index in [1.54, 1.807) is 0 Å². The highest BCUT2D eigenvalue weighted by Gasteiger charge is 2.22. The first-order valence-electron chi connectivity index (χ1n) is 6.70. The van der Waals surface area contributed by atoms with Crippen LogP contribution in [-0.4, -0.2) is 43.3 Å². The first-order valence-corrected chi connectivity index (χ1v) is 6.70. The lowest BCUT2D eigenvalue weighted by molar-refractivity contribution is -0.126. The molecule has 1 rings (SSSR count). The summed E-state index contributed by atoms with van der Waals surface area (Å²) in [5.74, 6) is -0.186. The number of carbonyl (C=O) groups excluding carboxylic acids is 2. The fourth-order valence-electron chi connectivity index (χ4n) is 2.08. The topological polar surface area (TPSA) is 120 Å². The quantitative estimate of drug-likeness (QED) is 0.177. The van der Waals surface area contributed by atoms with Gasteiger partial charge in [-0.15, -0.1) is 0 Å². The fraction of sp³-hybridized carbons (Fsp3) is 0.750. The number of guanidine groups is 1. The van der Waals surface area contributed by atoms with Crippen LogP contribution >= 0.6 is 0 Å². The van der Waals surface area contributed by atoms with Gasteiger partial charge in [-0.3, -0.25) is 10.2 Å². The molecule has 1 saturated heterocycles. The molecule has 19 heavy (non-hydrogen) atoms. The van der Waals surface area contributed by atoms with Crippen LogP contribution in [0.15, 0.2) is 0 Å². The SMILES string of the molecule is N=C(N)NCCCC(C=O)NC(=O)C1CCCCN1. The zero-order valence-electron chi connectivity index (χ0n) is 11.1. The van der Waals surface area contributed by atoms with E-state index in [0.29, 0.717) is 19.4 Å². The molecule has 0 radical (unpaired) electrons. The van der Waals surface area contributed by atoms with Gasteiger partial charge in [-0.1, -0.05) is 6.42 Å². The summed E-state index contributed by atoms with van der Waals surface area (Å²) in [7, 11) is 0. The minimum Gasteiger partial charge on any atom is -0.370 e. The molecule has 2 unspecified atom stereocenters. The number of piperidine rings is 1. The van der Waals surface area contributed by atoms with Gasteiger partial charge in [0.1, 0.15) is 6.29 Å². The monoisotopic (exact) mass is 269 g/mol. The molecular weight excluding hydrogens is 246 g/mol. The van der Waals surface area contributed by atoms with Crippen LogP contribution in [0.2, 0.25) is 0 Å². The molecule has 0 aromatic heterocycles. The molecule has 7 heteroatoms. The van der Waals surface area contributed by atoms with Gasteiger partial charge in [0, 0.05) is 6.54 Å². The van der Waals surface area contributed by atoms with Crippen molar-refractivity contribution in [3.05, 3.63) is 0 Å². The fourth-order valence-corrected chi connectivity index (χ4v) is 2.08. The van der Waals surface area contributed by atoms with Gasteiger partial charge in [0.25, 0.3) is 0 Å². The first-order chi connectivity index (χ1) is 9.13. The van der Waals surface area contributed by atoms with E-state index >= 15 is 0 Å². The number of rotatable bonds is 7. The molecule has 0 saturated carbocycles. The largest absolute Gasteiger partial charge is 0.370 e. The maximum Gasteiger partial charge on any atom is 0.237 e. The Morgan fingerprint density at radius 2 is 2.32 bits per heavy atom. The van der Waals surface area contributed by atoms with Gasteiger partial charge in [-0.05, 0) is 32.2 Å². The molecule has 7 nitrogen and oxygen atoms in total. The van der Waals surface area contributed by atoms with E-state index in [9.17, 15) is 9.59 Å². The summed E-state index contributed by atoms with van der Waals surface area (Å²) in [4.78, 5) is 22.8. The number of hydrogen-bond acceptors (Lipinski definition) is 4. The van der Waals surface area contributed by atoms with Crippen molar-refractivity contribution in [3.63, 3.8) is 0 Å². The summed E-state index contributed by atoms with van der Waals surface area (Å²) in [5, 5.41) is 15.5. The number of aldehydes is 1. The van der Waals surface area contributed by atoms with Crippen LogP contribution in [-0.2, 0) is 9.59 Å². The Hall–Kier alpha value is -1.63. The van der Waals surface area contributed by atoms with Crippen molar-refractivity contribution < 1.29 is 9.59 Å². The second-order valence-electron chi connectivity index (χ2n) is 4.74. The Morgan fingerprint density at radius 1 is 1.53 bits per heavy atom. The van der Waals surface area contributed by atoms with Crippen LogP contribution in [0.1, 0.15) is 32.1 Å². The van der Waals surface area contributed by atoms with Crippen LogP contribution in [0, 0.1) is 5.41 Å². The van der Waals surface area contributed by atoms with Crippen LogP contribution < -0.4 is 21.7 Å². The predicted octanol–water partition coefficient (Wildman–Crippen LogP) is -0.925. The highest BCUT2D eigenvalue weighted by atomic mass is 16.2. The highest BCUT2D eigenvalue weighted by molar-refractivity contribution is 5.84. The third-order valence-corrected chi connectivity index (χ3v) is 3.13. The molecule has 1 amide bonds. The Labute approximate surface area is 113 Å². The molecule has 2 atom stereocenters. The summed E-state index contributed by atoms with van der Waals surface area (Å²) in [5.41, 5.74) is 5.14. The van der Waals surface area contributed by atoms with E-state index in [4.69, 9.17) is 11.1 Å². The summed E-state index contributed by atoms with van der Waals surface area (Å²) >= 11 is 0. The van der Waals surface area contributed by atoms with E-state index in [0.717, 1.165) is 32.1 Å². The Kier molecular flexibility index (Phi) is 6.88. The van der Waals surface area contributed by atoms with Crippen molar-refractivity contribution in [1.29, 1.82) is 5.41 Å². The molecule has 1 fully saturated rings. The summed E-state index contributed by atoms with van der Waals surface area (Å²) < 4.78 is 0. The minimum absolute atomic E-state index is 0.0851. The van der Waals surface area contributed by atoms with E-state index in [1.165, 1.54) is 0 Å². The molecule has 1 aliphatic heterocycles. The number of carbonyl (C=O) groups is 2. The van der Waals surface area contributed by atoms with Crippen LogP contribution in [0.3, 0.4) is 0 Å². The third kappa shape index (κ3) is 6.19. The summed E-state index contributed by atoms with van der Waals surface area (Å²) in [6.45, 7) is 1.38. The molecule has 1 aliphatic rings. The normalized spacial score (nSPS) is 20.3. The predicted molar refractivity (Wildman–Crippen MR) is 72.8 cm³/mol. The van der Waals surface area contributed by atoms with Gasteiger partial charge in [0.2, 0.25) is 5.91 Å². The van der Waals surface area contributed by atoms with Gasteiger partial charge < -0.3 is 26.5 Å². The van der Waals surface area contributed by atoms with Gasteiger partial charge in [-0.2, -0.15) is 0 Å². The van der Waals surface area contributed by atoms with Crippen LogP contribution in [0.4, 0.5) is 0 Å². The number of hydrogen-bond donors (Lipinski definition) is 5. The van der Waals surface area contributed by atoms with Crippen molar-refractivity contribution in [2.45, 2.75) is 44.2 Å². The lowest BCUT2D eigenvalue weighted by Gasteiger charge is -2.24. The minimum atomic E-state index is -0.468. The van der Waals surface area contributed by atoms with Gasteiger partial charge in [-0.25, -0.2) is 0 Å². The lowest BCUT2D eigenvalue weighted by atomic mass is 10.0. The van der Waals surface area contributed by atoms with E-state index in [1.807, 2.05) is 0 Å². The molecule has 0 bridgehead atoms. The molecule has 0 aromatic carbocycles. The number of nitrogens with one attached hydrogen (secondary N) is 4. The Bertz CT molecular complexity index is 315. The van der Waals surface area contributed by atoms with Crippen molar-refractivity contribution >= 4 is 18.2 Å². The van der Waals surface area contributed by atoms with E-state index in [2.05, 4.69) is 16.0 Å². The smallest absolute Gasteiger partial charge is 0.237 e. The number of nitrogens with two attached hydrogens (primary N) is 1.